The third-order valence-corrected chi connectivity index (χ3v) is 12.8. The number of benzene rings is 3. The molecule has 0 spiro atoms. The first-order valence-electron chi connectivity index (χ1n) is 15.2. The molecule has 4 aliphatic rings. The quantitative estimate of drug-likeness (QED) is 0.279. The van der Waals surface area contributed by atoms with Crippen molar-refractivity contribution in [3.63, 3.8) is 0 Å². The van der Waals surface area contributed by atoms with Crippen LogP contribution in [0.25, 0.3) is 0 Å². The average Bonchev–Trinajstić information content (AvgIpc) is 3.76. The predicted molar refractivity (Wildman–Crippen MR) is 174 cm³/mol. The fourth-order valence-corrected chi connectivity index (χ4v) is 11.5. The molecule has 7 atom stereocenters. The first kappa shape index (κ1) is 28.3. The van der Waals surface area contributed by atoms with Crippen LogP contribution < -0.4 is 19.8 Å². The number of nitrogens with one attached hydrogen (secondary N) is 1. The van der Waals surface area contributed by atoms with Gasteiger partial charge in [-0.25, -0.2) is 0 Å². The van der Waals surface area contributed by atoms with Gasteiger partial charge in [-0.3, -0.25) is 28.6 Å². The Morgan fingerprint density at radius 2 is 1.67 bits per heavy atom. The van der Waals surface area contributed by atoms with Gasteiger partial charge in [-0.1, -0.05) is 53.8 Å². The predicted octanol–water partition coefficient (Wildman–Crippen LogP) is 5.54. The number of anilines is 2. The molecule has 2 aliphatic carbocycles. The molecular formula is C35H31N3O5S2. The number of thiazole rings is 1. The average molecular weight is 638 g/mol. The minimum Gasteiger partial charge on any atom is -0.497 e. The number of amides is 3. The van der Waals surface area contributed by atoms with Gasteiger partial charge < -0.3 is 10.1 Å². The number of thioether (sulfide) groups is 1. The summed E-state index contributed by atoms with van der Waals surface area (Å²) in [5.74, 6) is -0.555. The molecule has 3 aromatic carbocycles. The number of hydrogen-bond acceptors (Lipinski definition) is 7. The van der Waals surface area contributed by atoms with E-state index in [-0.39, 0.29) is 69.9 Å². The van der Waals surface area contributed by atoms with Crippen molar-refractivity contribution in [3.05, 3.63) is 105 Å². The molecule has 2 bridgehead atoms. The summed E-state index contributed by atoms with van der Waals surface area (Å²) in [4.78, 5) is 56.9. The van der Waals surface area contributed by atoms with E-state index in [2.05, 4.69) is 5.32 Å². The summed E-state index contributed by atoms with van der Waals surface area (Å²) >= 11 is 2.82. The largest absolute Gasteiger partial charge is 0.497 e. The molecule has 2 saturated carbocycles. The van der Waals surface area contributed by atoms with Crippen LogP contribution in [0.2, 0.25) is 0 Å². The zero-order valence-corrected chi connectivity index (χ0v) is 26.3. The fraction of sp³-hybridized carbons (Fsp3) is 0.314. The molecule has 8 rings (SSSR count). The molecule has 228 valence electrons. The molecule has 45 heavy (non-hydrogen) atoms. The Bertz CT molecular complexity index is 1900. The number of ether oxygens (including phenoxy) is 1. The maximum atomic E-state index is 14.0. The lowest BCUT2D eigenvalue weighted by Gasteiger charge is -2.43. The topological polar surface area (TPSA) is 97.7 Å². The molecule has 3 amide bonds. The maximum absolute atomic E-state index is 14.0. The van der Waals surface area contributed by atoms with Crippen LogP contribution in [0.1, 0.15) is 28.3 Å². The van der Waals surface area contributed by atoms with Crippen LogP contribution in [-0.4, -0.2) is 34.6 Å². The molecule has 0 radical (unpaired) electrons. The molecule has 1 aromatic heterocycles. The van der Waals surface area contributed by atoms with Crippen molar-refractivity contribution < 1.29 is 19.1 Å². The molecule has 8 nitrogen and oxygen atoms in total. The number of methoxy groups -OCH3 is 1. The number of hydrogen-bond donors (Lipinski definition) is 1. The molecule has 1 saturated heterocycles. The Morgan fingerprint density at radius 3 is 2.38 bits per heavy atom. The van der Waals surface area contributed by atoms with E-state index in [1.807, 2.05) is 85.8 Å². The Kier molecular flexibility index (Phi) is 6.76. The van der Waals surface area contributed by atoms with Gasteiger partial charge in [-0.15, -0.1) is 11.8 Å². The van der Waals surface area contributed by atoms with Gasteiger partial charge in [0.2, 0.25) is 17.7 Å². The van der Waals surface area contributed by atoms with Crippen LogP contribution in [0.3, 0.4) is 0 Å². The smallest absolute Gasteiger partial charge is 0.308 e. The summed E-state index contributed by atoms with van der Waals surface area (Å²) in [5, 5.41) is 3.77. The molecule has 3 heterocycles. The number of fused-ring (bicyclic) bond motifs is 9. The van der Waals surface area contributed by atoms with Gasteiger partial charge in [0.05, 0.1) is 29.7 Å². The Morgan fingerprint density at radius 1 is 0.933 bits per heavy atom. The van der Waals surface area contributed by atoms with E-state index in [4.69, 9.17) is 4.74 Å². The van der Waals surface area contributed by atoms with Crippen LogP contribution in [0.15, 0.2) is 88.7 Å². The second-order valence-electron chi connectivity index (χ2n) is 12.4. The lowest BCUT2D eigenvalue weighted by Crippen LogP contribution is -2.43. The lowest BCUT2D eigenvalue weighted by molar-refractivity contribution is -0.123. The second-order valence-corrected chi connectivity index (χ2v) is 14.6. The maximum Gasteiger partial charge on any atom is 0.308 e. The third-order valence-electron chi connectivity index (χ3n) is 10.0. The van der Waals surface area contributed by atoms with Crippen LogP contribution >= 0.6 is 23.1 Å². The van der Waals surface area contributed by atoms with Crippen LogP contribution in [0.4, 0.5) is 11.4 Å². The Hall–Kier alpha value is -4.15. The van der Waals surface area contributed by atoms with Crippen molar-refractivity contribution in [1.29, 1.82) is 0 Å². The Labute approximate surface area is 268 Å². The monoisotopic (exact) mass is 637 g/mol. The first-order chi connectivity index (χ1) is 21.8. The molecule has 4 aromatic rings. The highest BCUT2D eigenvalue weighted by Gasteiger charge is 2.69. The molecule has 3 fully saturated rings. The van der Waals surface area contributed by atoms with Crippen molar-refractivity contribution in [2.24, 2.45) is 29.6 Å². The minimum atomic E-state index is -0.377. The highest BCUT2D eigenvalue weighted by molar-refractivity contribution is 8.00. The number of aromatic nitrogens is 1. The standard InChI is InChI=1S/C35H31N3O5S2/c1-18-7-6-8-20(15-18)36-25(39)17-37-34-31(45-35(37)42)26(19-11-13-22(43-2)14-12-19)27-23-16-24(30(27)44-34)29-28(23)32(40)38(33(29)41)21-9-4-3-5-10-21/h3-15,23-24,26-30H,16-17H2,1-2H3,(H,36,39). The summed E-state index contributed by atoms with van der Waals surface area (Å²) < 4.78 is 7.03. The molecule has 7 unspecified atom stereocenters. The number of aryl methyl sites for hydroxylation is 1. The number of imide groups is 1. The first-order valence-corrected chi connectivity index (χ1v) is 16.9. The SMILES string of the molecule is COc1ccc(C2c3sc(=O)n(CC(=O)Nc4cccc(C)c4)c3SC3C4CC(C5C(=O)N(c6ccccc6)C(=O)C45)C23)cc1. The van der Waals surface area contributed by atoms with E-state index in [0.717, 1.165) is 33.2 Å². The molecule has 1 N–H and O–H groups in total. The van der Waals surface area contributed by atoms with Gasteiger partial charge in [-0.05, 0) is 78.6 Å². The summed E-state index contributed by atoms with van der Waals surface area (Å²) in [5.41, 5.74) is 3.39. The van der Waals surface area contributed by atoms with Gasteiger partial charge in [0.1, 0.15) is 12.3 Å². The fourth-order valence-electron chi connectivity index (χ4n) is 8.34. The van der Waals surface area contributed by atoms with Crippen molar-refractivity contribution in [3.8, 4) is 5.75 Å². The third kappa shape index (κ3) is 4.40. The number of carbonyl (C=O) groups is 3. The number of nitrogens with zero attached hydrogens (tertiary/aromatic N) is 2. The summed E-state index contributed by atoms with van der Waals surface area (Å²) in [7, 11) is 1.63. The number of carbonyl (C=O) groups excluding carboxylic acids is 3. The van der Waals surface area contributed by atoms with Crippen LogP contribution in [-0.2, 0) is 20.9 Å². The van der Waals surface area contributed by atoms with Crippen LogP contribution in [0.5, 0.6) is 5.75 Å². The zero-order chi connectivity index (χ0) is 31.0. The van der Waals surface area contributed by atoms with Gasteiger partial charge >= 0.3 is 4.87 Å². The molecular weight excluding hydrogens is 607 g/mol. The van der Waals surface area contributed by atoms with Crippen molar-refractivity contribution >= 4 is 52.2 Å². The summed E-state index contributed by atoms with van der Waals surface area (Å²) in [6, 6.07) is 24.7. The van der Waals surface area contributed by atoms with E-state index in [9.17, 15) is 19.2 Å². The normalized spacial score (nSPS) is 27.7. The lowest BCUT2D eigenvalue weighted by atomic mass is 9.68. The highest BCUT2D eigenvalue weighted by Crippen LogP contribution is 2.69. The van der Waals surface area contributed by atoms with E-state index in [0.29, 0.717) is 11.4 Å². The second kappa shape index (κ2) is 10.7. The van der Waals surface area contributed by atoms with Gasteiger partial charge in [0.15, 0.2) is 0 Å². The van der Waals surface area contributed by atoms with E-state index in [1.165, 1.54) is 16.2 Å². The summed E-state index contributed by atoms with van der Waals surface area (Å²) in [6.07, 6.45) is 0.803. The van der Waals surface area contributed by atoms with Gasteiger partial charge in [0, 0.05) is 21.7 Å². The van der Waals surface area contributed by atoms with Gasteiger partial charge in [-0.2, -0.15) is 0 Å². The number of rotatable bonds is 6. The molecule has 10 heteroatoms. The van der Waals surface area contributed by atoms with Gasteiger partial charge in [0.25, 0.3) is 0 Å². The molecule has 2 aliphatic heterocycles. The number of para-hydroxylation sites is 1. The zero-order valence-electron chi connectivity index (χ0n) is 24.7. The minimum absolute atomic E-state index is 0.00127. The highest BCUT2D eigenvalue weighted by atomic mass is 32.2. The van der Waals surface area contributed by atoms with Crippen molar-refractivity contribution in [1.82, 2.24) is 4.57 Å². The van der Waals surface area contributed by atoms with E-state index in [1.54, 1.807) is 23.4 Å². The summed E-state index contributed by atoms with van der Waals surface area (Å²) in [6.45, 7) is 1.86. The van der Waals surface area contributed by atoms with Crippen molar-refractivity contribution in [2.45, 2.75) is 36.1 Å². The Balaban J connectivity index is 1.18. The van der Waals surface area contributed by atoms with E-state index >= 15 is 0 Å². The van der Waals surface area contributed by atoms with E-state index < -0.39 is 0 Å². The van der Waals surface area contributed by atoms with Crippen LogP contribution in [0, 0.1) is 36.5 Å². The van der Waals surface area contributed by atoms with Crippen molar-refractivity contribution in [2.75, 3.05) is 17.3 Å².